The van der Waals surface area contributed by atoms with Crippen LogP contribution in [0, 0.1) is 5.92 Å². The van der Waals surface area contributed by atoms with Crippen LogP contribution in [0.2, 0.25) is 0 Å². The molecule has 0 aromatic carbocycles. The van der Waals surface area contributed by atoms with Gasteiger partial charge in [-0.1, -0.05) is 0 Å². The number of ether oxygens (including phenoxy) is 2. The van der Waals surface area contributed by atoms with Crippen molar-refractivity contribution in [2.45, 2.75) is 32.4 Å². The number of hydrogen-bond acceptors (Lipinski definition) is 6. The van der Waals surface area contributed by atoms with Crippen molar-refractivity contribution < 1.29 is 27.5 Å². The van der Waals surface area contributed by atoms with Crippen molar-refractivity contribution in [2.75, 3.05) is 18.6 Å². The maximum atomic E-state index is 11.6. The molecule has 1 saturated heterocycles. The Morgan fingerprint density at radius 3 is 2.26 bits per heavy atom. The maximum absolute atomic E-state index is 11.6. The molecule has 0 bridgehead atoms. The summed E-state index contributed by atoms with van der Waals surface area (Å²) in [7, 11) is -2.18. The van der Waals surface area contributed by atoms with E-state index in [-0.39, 0.29) is 11.5 Å². The minimum Gasteiger partial charge on any atom is -0.469 e. The largest absolute Gasteiger partial charge is 0.469 e. The van der Waals surface area contributed by atoms with E-state index in [1.807, 2.05) is 0 Å². The van der Waals surface area contributed by atoms with Crippen LogP contribution in [0.4, 0.5) is 4.79 Å². The van der Waals surface area contributed by atoms with Crippen molar-refractivity contribution in [1.82, 2.24) is 5.32 Å². The summed E-state index contributed by atoms with van der Waals surface area (Å²) in [6.07, 6.45) is -0.747. The molecule has 19 heavy (non-hydrogen) atoms. The Hall–Kier alpha value is -1.31. The lowest BCUT2D eigenvalue weighted by atomic mass is 10.0. The Labute approximate surface area is 112 Å². The predicted octanol–water partition coefficient (Wildman–Crippen LogP) is 0.0973. The number of rotatable bonds is 2. The molecule has 0 unspecified atom stereocenters. The van der Waals surface area contributed by atoms with Gasteiger partial charge in [0.1, 0.15) is 5.60 Å². The summed E-state index contributed by atoms with van der Waals surface area (Å²) < 4.78 is 32.7. The minimum absolute atomic E-state index is 0.286. The lowest BCUT2D eigenvalue weighted by Crippen LogP contribution is -2.45. The first kappa shape index (κ1) is 15.7. The van der Waals surface area contributed by atoms with Crippen LogP contribution in [0.1, 0.15) is 20.8 Å². The molecule has 0 spiro atoms. The smallest absolute Gasteiger partial charge is 0.407 e. The number of methoxy groups -OCH3 is 1. The number of carbonyl (C=O) groups is 2. The number of amides is 1. The Bertz CT molecular complexity index is 464. The fourth-order valence-electron chi connectivity index (χ4n) is 1.83. The second-order valence-corrected chi connectivity index (χ2v) is 7.61. The van der Waals surface area contributed by atoms with Crippen LogP contribution in [0.15, 0.2) is 0 Å². The van der Waals surface area contributed by atoms with Gasteiger partial charge in [0.15, 0.2) is 9.84 Å². The van der Waals surface area contributed by atoms with Crippen LogP contribution < -0.4 is 5.32 Å². The average molecular weight is 293 g/mol. The predicted molar refractivity (Wildman–Crippen MR) is 67.3 cm³/mol. The SMILES string of the molecule is COC(=O)[C@H]1CS(=O)(=O)C[C@H]1NC(=O)OC(C)(C)C. The van der Waals surface area contributed by atoms with Crippen LogP contribution >= 0.6 is 0 Å². The molecule has 110 valence electrons. The molecule has 7 nitrogen and oxygen atoms in total. The molecule has 0 aliphatic carbocycles. The summed E-state index contributed by atoms with van der Waals surface area (Å²) in [5, 5.41) is 2.42. The van der Waals surface area contributed by atoms with E-state index >= 15 is 0 Å². The molecule has 1 amide bonds. The van der Waals surface area contributed by atoms with Crippen molar-refractivity contribution in [3.8, 4) is 0 Å². The Kier molecular flexibility index (Phi) is 4.44. The fraction of sp³-hybridized carbons (Fsp3) is 0.818. The maximum Gasteiger partial charge on any atom is 0.407 e. The zero-order valence-electron chi connectivity index (χ0n) is 11.4. The molecule has 0 saturated carbocycles. The third kappa shape index (κ3) is 4.70. The highest BCUT2D eigenvalue weighted by Crippen LogP contribution is 2.21. The highest BCUT2D eigenvalue weighted by molar-refractivity contribution is 7.91. The normalized spacial score (nSPS) is 25.7. The second kappa shape index (κ2) is 5.36. The van der Waals surface area contributed by atoms with Gasteiger partial charge in [-0.25, -0.2) is 13.2 Å². The molecule has 0 radical (unpaired) electrons. The van der Waals surface area contributed by atoms with Crippen LogP contribution in [-0.2, 0) is 24.1 Å². The van der Waals surface area contributed by atoms with Crippen molar-refractivity contribution in [2.24, 2.45) is 5.92 Å². The average Bonchev–Trinajstić information content (AvgIpc) is 2.49. The second-order valence-electron chi connectivity index (χ2n) is 5.46. The number of carbonyl (C=O) groups excluding carboxylic acids is 2. The zero-order valence-corrected chi connectivity index (χ0v) is 12.2. The van der Waals surface area contributed by atoms with Gasteiger partial charge in [0, 0.05) is 0 Å². The molecule has 1 aliphatic heterocycles. The number of alkyl carbamates (subject to hydrolysis) is 1. The minimum atomic E-state index is -3.36. The van der Waals surface area contributed by atoms with Gasteiger partial charge in [-0.05, 0) is 20.8 Å². The summed E-state index contributed by atoms with van der Waals surface area (Å²) in [4.78, 5) is 23.1. The quantitative estimate of drug-likeness (QED) is 0.725. The van der Waals surface area contributed by atoms with E-state index in [9.17, 15) is 18.0 Å². The molecule has 0 aromatic rings. The van der Waals surface area contributed by atoms with Crippen molar-refractivity contribution in [3.05, 3.63) is 0 Å². The van der Waals surface area contributed by atoms with Gasteiger partial charge >= 0.3 is 12.1 Å². The summed E-state index contributed by atoms with van der Waals surface area (Å²) in [6.45, 7) is 5.07. The van der Waals surface area contributed by atoms with Gasteiger partial charge in [0.05, 0.1) is 30.6 Å². The van der Waals surface area contributed by atoms with E-state index < -0.39 is 39.5 Å². The lowest BCUT2D eigenvalue weighted by Gasteiger charge is -2.23. The van der Waals surface area contributed by atoms with Crippen LogP contribution in [0.3, 0.4) is 0 Å². The molecule has 1 heterocycles. The Morgan fingerprint density at radius 2 is 1.79 bits per heavy atom. The van der Waals surface area contributed by atoms with E-state index in [1.165, 1.54) is 7.11 Å². The summed E-state index contributed by atoms with van der Waals surface area (Å²) in [5.41, 5.74) is -0.692. The number of esters is 1. The standard InChI is InChI=1S/C11H19NO6S/c1-11(2,3)18-10(14)12-8-6-19(15,16)5-7(8)9(13)17-4/h7-8H,5-6H2,1-4H3,(H,12,14)/t7-,8+/m0/s1. The first-order chi connectivity index (χ1) is 8.54. The first-order valence-electron chi connectivity index (χ1n) is 5.82. The molecular formula is C11H19NO6S. The van der Waals surface area contributed by atoms with Crippen LogP contribution in [-0.4, -0.2) is 50.7 Å². The molecule has 1 rings (SSSR count). The molecule has 8 heteroatoms. The highest BCUT2D eigenvalue weighted by Gasteiger charge is 2.43. The monoisotopic (exact) mass is 293 g/mol. The molecule has 0 aromatic heterocycles. The van der Waals surface area contributed by atoms with Gasteiger partial charge in [-0.15, -0.1) is 0 Å². The molecular weight excluding hydrogens is 274 g/mol. The highest BCUT2D eigenvalue weighted by atomic mass is 32.2. The summed E-state index contributed by atoms with van der Waals surface area (Å²) in [6, 6.07) is -0.813. The van der Waals surface area contributed by atoms with E-state index in [0.717, 1.165) is 0 Å². The number of sulfone groups is 1. The lowest BCUT2D eigenvalue weighted by molar-refractivity contribution is -0.145. The summed E-state index contributed by atoms with van der Waals surface area (Å²) >= 11 is 0. The Morgan fingerprint density at radius 1 is 1.21 bits per heavy atom. The molecule has 1 aliphatic rings. The zero-order chi connectivity index (χ0) is 14.8. The van der Waals surface area contributed by atoms with Gasteiger partial charge in [0.25, 0.3) is 0 Å². The molecule has 1 fully saturated rings. The van der Waals surface area contributed by atoms with Gasteiger partial charge in [0.2, 0.25) is 0 Å². The van der Waals surface area contributed by atoms with Gasteiger partial charge < -0.3 is 14.8 Å². The van der Waals surface area contributed by atoms with E-state index in [4.69, 9.17) is 4.74 Å². The fourth-order valence-corrected chi connectivity index (χ4v) is 3.75. The number of nitrogens with one attached hydrogen (secondary N) is 1. The first-order valence-corrected chi connectivity index (χ1v) is 7.64. The van der Waals surface area contributed by atoms with Crippen molar-refractivity contribution in [3.63, 3.8) is 0 Å². The third-order valence-corrected chi connectivity index (χ3v) is 4.29. The topological polar surface area (TPSA) is 98.8 Å². The van der Waals surface area contributed by atoms with Gasteiger partial charge in [-0.3, -0.25) is 4.79 Å². The van der Waals surface area contributed by atoms with Crippen LogP contribution in [0.25, 0.3) is 0 Å². The summed E-state index contributed by atoms with van der Waals surface area (Å²) in [5.74, 6) is -2.14. The van der Waals surface area contributed by atoms with Crippen molar-refractivity contribution in [1.29, 1.82) is 0 Å². The van der Waals surface area contributed by atoms with E-state index in [0.29, 0.717) is 0 Å². The third-order valence-electron chi connectivity index (χ3n) is 2.56. The van der Waals surface area contributed by atoms with Crippen molar-refractivity contribution >= 4 is 21.9 Å². The van der Waals surface area contributed by atoms with Crippen LogP contribution in [0.5, 0.6) is 0 Å². The Balaban J connectivity index is 2.75. The van der Waals surface area contributed by atoms with E-state index in [1.54, 1.807) is 20.8 Å². The number of hydrogen-bond donors (Lipinski definition) is 1. The van der Waals surface area contributed by atoms with Gasteiger partial charge in [-0.2, -0.15) is 0 Å². The van der Waals surface area contributed by atoms with E-state index in [2.05, 4.69) is 10.1 Å². The molecule has 1 N–H and O–H groups in total. The molecule has 2 atom stereocenters.